The number of rotatable bonds is 5. The van der Waals surface area contributed by atoms with Gasteiger partial charge in [-0.3, -0.25) is 4.79 Å². The third kappa shape index (κ3) is 3.62. The third-order valence-corrected chi connectivity index (χ3v) is 3.23. The zero-order valence-electron chi connectivity index (χ0n) is 10.5. The lowest BCUT2D eigenvalue weighted by Crippen LogP contribution is -2.28. The molecule has 1 amide bonds. The molecule has 2 rings (SSSR count). The van der Waals surface area contributed by atoms with Crippen LogP contribution < -0.4 is 10.6 Å². The number of nitriles is 1. The van der Waals surface area contributed by atoms with Crippen LogP contribution in [0.1, 0.15) is 16.1 Å². The Balaban J connectivity index is 1.79. The highest BCUT2D eigenvalue weighted by atomic mass is 79.9. The molecule has 0 saturated carbocycles. The number of amides is 1. The minimum atomic E-state index is -0.240. The monoisotopic (exact) mass is 333 g/mol. The Labute approximate surface area is 124 Å². The van der Waals surface area contributed by atoms with Crippen LogP contribution in [0.3, 0.4) is 0 Å². The lowest BCUT2D eigenvalue weighted by molar-refractivity contribution is 0.0927. The average Bonchev–Trinajstić information content (AvgIpc) is 2.98. The fourth-order valence-corrected chi connectivity index (χ4v) is 2.12. The predicted molar refractivity (Wildman–Crippen MR) is 78.4 cm³/mol. The van der Waals surface area contributed by atoms with E-state index in [9.17, 15) is 4.79 Å². The van der Waals surface area contributed by atoms with Crippen LogP contribution >= 0.6 is 15.9 Å². The molecule has 6 heteroatoms. The Morgan fingerprint density at radius 1 is 1.35 bits per heavy atom. The Bertz CT molecular complexity index is 632. The second-order valence-corrected chi connectivity index (χ2v) is 4.82. The fourth-order valence-electron chi connectivity index (χ4n) is 1.60. The van der Waals surface area contributed by atoms with E-state index in [0.717, 1.165) is 10.2 Å². The summed E-state index contributed by atoms with van der Waals surface area (Å²) in [6, 6.07) is 10.6. The molecule has 1 aromatic heterocycles. The van der Waals surface area contributed by atoms with Crippen molar-refractivity contribution in [3.05, 3.63) is 52.4 Å². The van der Waals surface area contributed by atoms with Gasteiger partial charge in [-0.1, -0.05) is 0 Å². The van der Waals surface area contributed by atoms with Crippen LogP contribution in [0.15, 0.2) is 45.5 Å². The van der Waals surface area contributed by atoms with Gasteiger partial charge in [0.15, 0.2) is 5.76 Å². The van der Waals surface area contributed by atoms with Crippen LogP contribution in [0.4, 0.5) is 5.69 Å². The van der Waals surface area contributed by atoms with E-state index in [1.165, 1.54) is 6.26 Å². The first-order chi connectivity index (χ1) is 9.70. The first kappa shape index (κ1) is 14.2. The number of benzene rings is 1. The summed E-state index contributed by atoms with van der Waals surface area (Å²) in [5.41, 5.74) is 1.46. The minimum Gasteiger partial charge on any atom is -0.459 e. The smallest absolute Gasteiger partial charge is 0.287 e. The summed E-state index contributed by atoms with van der Waals surface area (Å²) in [5, 5.41) is 14.7. The molecule has 0 spiro atoms. The van der Waals surface area contributed by atoms with Gasteiger partial charge in [-0.15, -0.1) is 0 Å². The van der Waals surface area contributed by atoms with Crippen molar-refractivity contribution >= 4 is 27.5 Å². The summed E-state index contributed by atoms with van der Waals surface area (Å²) in [6.45, 7) is 1.03. The Kier molecular flexibility index (Phi) is 4.80. The molecule has 5 nitrogen and oxygen atoms in total. The normalized spacial score (nSPS) is 9.80. The molecule has 1 aromatic carbocycles. The minimum absolute atomic E-state index is 0.240. The Hall–Kier alpha value is -2.26. The van der Waals surface area contributed by atoms with Crippen LogP contribution in [0.5, 0.6) is 0 Å². The molecule has 0 bridgehead atoms. The van der Waals surface area contributed by atoms with Gasteiger partial charge < -0.3 is 15.1 Å². The van der Waals surface area contributed by atoms with Crippen LogP contribution in [0.2, 0.25) is 0 Å². The number of furan rings is 1. The maximum absolute atomic E-state index is 11.6. The van der Waals surface area contributed by atoms with Crippen LogP contribution in [-0.2, 0) is 0 Å². The zero-order chi connectivity index (χ0) is 14.4. The highest BCUT2D eigenvalue weighted by Crippen LogP contribution is 2.22. The quantitative estimate of drug-likeness (QED) is 0.824. The van der Waals surface area contributed by atoms with Crippen molar-refractivity contribution in [3.8, 4) is 6.07 Å². The van der Waals surface area contributed by atoms with Gasteiger partial charge in [-0.2, -0.15) is 5.26 Å². The first-order valence-corrected chi connectivity index (χ1v) is 6.75. The number of nitrogens with zero attached hydrogens (tertiary/aromatic N) is 1. The van der Waals surface area contributed by atoms with Crippen molar-refractivity contribution in [2.24, 2.45) is 0 Å². The summed E-state index contributed by atoms with van der Waals surface area (Å²) in [4.78, 5) is 11.6. The van der Waals surface area contributed by atoms with Crippen LogP contribution in [-0.4, -0.2) is 19.0 Å². The SMILES string of the molecule is N#Cc1ccc(NCCNC(=O)c2ccco2)c(Br)c1. The Morgan fingerprint density at radius 3 is 2.85 bits per heavy atom. The van der Waals surface area contributed by atoms with Gasteiger partial charge in [0, 0.05) is 23.2 Å². The van der Waals surface area contributed by atoms with Crippen molar-refractivity contribution in [1.82, 2.24) is 5.32 Å². The van der Waals surface area contributed by atoms with E-state index in [2.05, 4.69) is 32.6 Å². The molecule has 0 saturated heterocycles. The van der Waals surface area contributed by atoms with E-state index in [1.807, 2.05) is 6.07 Å². The van der Waals surface area contributed by atoms with Gasteiger partial charge in [0.05, 0.1) is 17.9 Å². The molecule has 0 radical (unpaired) electrons. The molecule has 2 aromatic rings. The van der Waals surface area contributed by atoms with Gasteiger partial charge in [-0.25, -0.2) is 0 Å². The first-order valence-electron chi connectivity index (χ1n) is 5.96. The average molecular weight is 334 g/mol. The molecule has 20 heavy (non-hydrogen) atoms. The molecule has 2 N–H and O–H groups in total. The van der Waals surface area contributed by atoms with Crippen LogP contribution in [0, 0.1) is 11.3 Å². The second kappa shape index (κ2) is 6.78. The number of carbonyl (C=O) groups excluding carboxylic acids is 1. The van der Waals surface area contributed by atoms with E-state index in [1.54, 1.807) is 24.3 Å². The van der Waals surface area contributed by atoms with Crippen molar-refractivity contribution in [2.45, 2.75) is 0 Å². The van der Waals surface area contributed by atoms with Crippen LogP contribution in [0.25, 0.3) is 0 Å². The van der Waals surface area contributed by atoms with E-state index < -0.39 is 0 Å². The molecule has 0 aliphatic carbocycles. The number of halogens is 1. The summed E-state index contributed by atoms with van der Waals surface area (Å²) >= 11 is 3.38. The molecular weight excluding hydrogens is 322 g/mol. The number of hydrogen-bond donors (Lipinski definition) is 2. The number of hydrogen-bond acceptors (Lipinski definition) is 4. The largest absolute Gasteiger partial charge is 0.459 e. The van der Waals surface area contributed by atoms with Gasteiger partial charge in [0.25, 0.3) is 5.91 Å². The summed E-state index contributed by atoms with van der Waals surface area (Å²) < 4.78 is 5.80. The molecule has 0 fully saturated rings. The zero-order valence-corrected chi connectivity index (χ0v) is 12.1. The van der Waals surface area contributed by atoms with E-state index in [0.29, 0.717) is 24.4 Å². The van der Waals surface area contributed by atoms with Crippen molar-refractivity contribution < 1.29 is 9.21 Å². The molecule has 0 aliphatic rings. The summed E-state index contributed by atoms with van der Waals surface area (Å²) in [5.74, 6) is 0.0558. The topological polar surface area (TPSA) is 78.1 Å². The standard InChI is InChI=1S/C14H12BrN3O2/c15-11-8-10(9-16)3-4-12(11)17-5-6-18-14(19)13-2-1-7-20-13/h1-4,7-8,17H,5-6H2,(H,18,19). The summed E-state index contributed by atoms with van der Waals surface area (Å²) in [7, 11) is 0. The predicted octanol–water partition coefficient (Wildman–Crippen LogP) is 2.76. The van der Waals surface area contributed by atoms with Gasteiger partial charge in [0.1, 0.15) is 0 Å². The maximum Gasteiger partial charge on any atom is 0.287 e. The summed E-state index contributed by atoms with van der Waals surface area (Å²) in [6.07, 6.45) is 1.46. The fraction of sp³-hybridized carbons (Fsp3) is 0.143. The van der Waals surface area contributed by atoms with Crippen molar-refractivity contribution in [3.63, 3.8) is 0 Å². The molecule has 1 heterocycles. The number of anilines is 1. The van der Waals surface area contributed by atoms with Gasteiger partial charge in [0.2, 0.25) is 0 Å². The van der Waals surface area contributed by atoms with Gasteiger partial charge >= 0.3 is 0 Å². The molecule has 0 atom stereocenters. The highest BCUT2D eigenvalue weighted by molar-refractivity contribution is 9.10. The highest BCUT2D eigenvalue weighted by Gasteiger charge is 2.07. The lowest BCUT2D eigenvalue weighted by Gasteiger charge is -2.09. The molecule has 0 unspecified atom stereocenters. The Morgan fingerprint density at radius 2 is 2.20 bits per heavy atom. The third-order valence-electron chi connectivity index (χ3n) is 2.57. The molecular formula is C14H12BrN3O2. The number of nitrogens with one attached hydrogen (secondary N) is 2. The molecule has 0 aliphatic heterocycles. The molecule has 102 valence electrons. The van der Waals surface area contributed by atoms with E-state index >= 15 is 0 Å². The lowest BCUT2D eigenvalue weighted by atomic mass is 10.2. The second-order valence-electron chi connectivity index (χ2n) is 3.97. The number of carbonyl (C=O) groups is 1. The van der Waals surface area contributed by atoms with E-state index in [4.69, 9.17) is 9.68 Å². The van der Waals surface area contributed by atoms with Gasteiger partial charge in [-0.05, 0) is 46.3 Å². The maximum atomic E-state index is 11.6. The van der Waals surface area contributed by atoms with Crippen molar-refractivity contribution in [2.75, 3.05) is 18.4 Å². The van der Waals surface area contributed by atoms with Crippen molar-refractivity contribution in [1.29, 1.82) is 5.26 Å². The van der Waals surface area contributed by atoms with E-state index in [-0.39, 0.29) is 5.91 Å².